The molecule has 0 saturated heterocycles. The quantitative estimate of drug-likeness (QED) is 0.382. The summed E-state index contributed by atoms with van der Waals surface area (Å²) in [6.07, 6.45) is 15.9. The summed E-state index contributed by atoms with van der Waals surface area (Å²) in [5, 5.41) is 9.93. The Morgan fingerprint density at radius 2 is 1.81 bits per heavy atom. The van der Waals surface area contributed by atoms with Gasteiger partial charge in [0.1, 0.15) is 6.10 Å². The van der Waals surface area contributed by atoms with E-state index in [0.29, 0.717) is 6.42 Å². The molecule has 3 saturated carbocycles. The van der Waals surface area contributed by atoms with Crippen LogP contribution in [0.5, 0.6) is 0 Å². The Morgan fingerprint density at radius 1 is 1.04 bits per heavy atom. The van der Waals surface area contributed by atoms with Gasteiger partial charge in [0.05, 0.1) is 11.5 Å². The molecule has 3 aliphatic rings. The van der Waals surface area contributed by atoms with Crippen LogP contribution < -0.4 is 0 Å². The first-order valence-electron chi connectivity index (χ1n) is 11.7. The molecule has 6 atom stereocenters. The zero-order valence-corrected chi connectivity index (χ0v) is 17.5. The molecular formula is C24H39NO2. The molecule has 0 aliphatic heterocycles. The zero-order chi connectivity index (χ0) is 19.3. The Morgan fingerprint density at radius 3 is 2.56 bits per heavy atom. The maximum atomic E-state index is 11.9. The van der Waals surface area contributed by atoms with E-state index in [2.05, 4.69) is 13.0 Å². The maximum Gasteiger partial charge on any atom is 0.306 e. The molecule has 0 spiro atoms. The van der Waals surface area contributed by atoms with Crippen molar-refractivity contribution >= 4 is 5.97 Å². The Kier molecular flexibility index (Phi) is 7.23. The molecule has 6 unspecified atom stereocenters. The zero-order valence-electron chi connectivity index (χ0n) is 17.5. The van der Waals surface area contributed by atoms with Gasteiger partial charge in [0.25, 0.3) is 0 Å². The summed E-state index contributed by atoms with van der Waals surface area (Å²) in [7, 11) is 0. The van der Waals surface area contributed by atoms with Gasteiger partial charge in [-0.25, -0.2) is 0 Å². The third-order valence-corrected chi connectivity index (χ3v) is 7.91. The lowest BCUT2D eigenvalue weighted by Gasteiger charge is -2.52. The van der Waals surface area contributed by atoms with Crippen LogP contribution in [0.25, 0.3) is 0 Å². The van der Waals surface area contributed by atoms with Crippen LogP contribution in [0.3, 0.4) is 0 Å². The highest BCUT2D eigenvalue weighted by Crippen LogP contribution is 2.56. The van der Waals surface area contributed by atoms with Crippen molar-refractivity contribution in [1.29, 1.82) is 5.26 Å². The summed E-state index contributed by atoms with van der Waals surface area (Å²) in [5.41, 5.74) is -0.0317. The molecule has 3 nitrogen and oxygen atoms in total. The normalized spacial score (nSPS) is 38.3. The summed E-state index contributed by atoms with van der Waals surface area (Å²) in [6, 6.07) is 2.76. The summed E-state index contributed by atoms with van der Waals surface area (Å²) in [4.78, 5) is 11.9. The number of nitriles is 1. The van der Waals surface area contributed by atoms with Gasteiger partial charge in [-0.1, -0.05) is 33.1 Å². The molecule has 0 heterocycles. The fourth-order valence-electron chi connectivity index (χ4n) is 6.54. The van der Waals surface area contributed by atoms with Gasteiger partial charge in [0, 0.05) is 6.42 Å². The number of esters is 1. The highest BCUT2D eigenvalue weighted by molar-refractivity contribution is 5.69. The average molecular weight is 374 g/mol. The van der Waals surface area contributed by atoms with Crippen LogP contribution in [0.2, 0.25) is 0 Å². The Bertz CT molecular complexity index is 539. The fraction of sp³-hybridized carbons (Fsp3) is 0.917. The minimum absolute atomic E-state index is 0.00168. The van der Waals surface area contributed by atoms with E-state index < -0.39 is 0 Å². The monoisotopic (exact) mass is 373 g/mol. The van der Waals surface area contributed by atoms with Crippen LogP contribution in [0.4, 0.5) is 0 Å². The van der Waals surface area contributed by atoms with Crippen LogP contribution in [0, 0.1) is 40.4 Å². The van der Waals surface area contributed by atoms with E-state index in [9.17, 15) is 10.1 Å². The molecule has 0 bridgehead atoms. The SMILES string of the molecule is CCCCCC1(C#N)CCC2C(CCC3CC(OC(=O)CCC)CCC32)C1. The molecule has 3 heteroatoms. The van der Waals surface area contributed by atoms with E-state index in [-0.39, 0.29) is 17.5 Å². The first-order valence-corrected chi connectivity index (χ1v) is 11.7. The highest BCUT2D eigenvalue weighted by atomic mass is 16.5. The number of carbonyl (C=O) groups is 1. The molecule has 0 radical (unpaired) electrons. The van der Waals surface area contributed by atoms with Crippen molar-refractivity contribution in [3.05, 3.63) is 0 Å². The van der Waals surface area contributed by atoms with Crippen molar-refractivity contribution in [2.24, 2.45) is 29.1 Å². The minimum atomic E-state index is -0.0317. The van der Waals surface area contributed by atoms with Crippen LogP contribution in [0.15, 0.2) is 0 Å². The highest BCUT2D eigenvalue weighted by Gasteiger charge is 2.48. The number of ether oxygens (including phenoxy) is 1. The fourth-order valence-corrected chi connectivity index (χ4v) is 6.54. The number of rotatable bonds is 7. The summed E-state index contributed by atoms with van der Waals surface area (Å²) >= 11 is 0. The van der Waals surface area contributed by atoms with E-state index in [4.69, 9.17) is 4.74 Å². The molecular weight excluding hydrogens is 334 g/mol. The average Bonchev–Trinajstić information content (AvgIpc) is 2.68. The molecule has 0 aromatic rings. The molecule has 0 N–H and O–H groups in total. The Hall–Kier alpha value is -1.04. The van der Waals surface area contributed by atoms with Crippen molar-refractivity contribution in [2.45, 2.75) is 110 Å². The second-order valence-electron chi connectivity index (χ2n) is 9.69. The first-order chi connectivity index (χ1) is 13.1. The summed E-state index contributed by atoms with van der Waals surface area (Å²) < 4.78 is 5.74. The van der Waals surface area contributed by atoms with E-state index in [1.165, 1.54) is 44.9 Å². The standard InChI is InChI=1S/C24H39NO2/c1-3-5-6-13-24(17-25)14-12-22-19(16-24)9-8-18-15-20(10-11-21(18)22)27-23(26)7-4-2/h18-22H,3-16H2,1-2H3. The molecule has 3 aliphatic carbocycles. The molecule has 27 heavy (non-hydrogen) atoms. The smallest absolute Gasteiger partial charge is 0.306 e. The number of hydrogen-bond acceptors (Lipinski definition) is 3. The summed E-state index contributed by atoms with van der Waals surface area (Å²) in [5.74, 6) is 3.15. The number of hydrogen-bond donors (Lipinski definition) is 0. The maximum absolute atomic E-state index is 11.9. The molecule has 0 aromatic heterocycles. The number of carbonyl (C=O) groups excluding carboxylic acids is 1. The number of nitrogens with zero attached hydrogens (tertiary/aromatic N) is 1. The van der Waals surface area contributed by atoms with Gasteiger partial charge in [-0.05, 0) is 87.9 Å². The van der Waals surface area contributed by atoms with E-state index in [0.717, 1.165) is 62.2 Å². The second kappa shape index (κ2) is 9.44. The molecule has 3 rings (SSSR count). The third-order valence-electron chi connectivity index (χ3n) is 7.91. The lowest BCUT2D eigenvalue weighted by Crippen LogP contribution is -2.45. The van der Waals surface area contributed by atoms with Crippen molar-refractivity contribution < 1.29 is 9.53 Å². The Balaban J connectivity index is 1.55. The topological polar surface area (TPSA) is 50.1 Å². The predicted octanol–water partition coefficient (Wildman–Crippen LogP) is 6.41. The van der Waals surface area contributed by atoms with Gasteiger partial charge in [0.2, 0.25) is 0 Å². The van der Waals surface area contributed by atoms with Gasteiger partial charge < -0.3 is 4.74 Å². The second-order valence-corrected chi connectivity index (χ2v) is 9.69. The van der Waals surface area contributed by atoms with Crippen LogP contribution in [-0.2, 0) is 9.53 Å². The van der Waals surface area contributed by atoms with Crippen LogP contribution in [-0.4, -0.2) is 12.1 Å². The van der Waals surface area contributed by atoms with Crippen LogP contribution in [0.1, 0.15) is 104 Å². The van der Waals surface area contributed by atoms with Gasteiger partial charge >= 0.3 is 5.97 Å². The Labute approximate surface area is 166 Å². The lowest BCUT2D eigenvalue weighted by atomic mass is 9.53. The van der Waals surface area contributed by atoms with Crippen molar-refractivity contribution in [2.75, 3.05) is 0 Å². The molecule has 3 fully saturated rings. The first kappa shape index (κ1) is 20.7. The predicted molar refractivity (Wildman–Crippen MR) is 108 cm³/mol. The van der Waals surface area contributed by atoms with E-state index in [1.54, 1.807) is 0 Å². The lowest BCUT2D eigenvalue weighted by molar-refractivity contribution is -0.153. The van der Waals surface area contributed by atoms with Crippen molar-refractivity contribution in [1.82, 2.24) is 0 Å². The number of unbranched alkanes of at least 4 members (excludes halogenated alkanes) is 2. The minimum Gasteiger partial charge on any atom is -0.462 e. The van der Waals surface area contributed by atoms with E-state index in [1.807, 2.05) is 6.92 Å². The van der Waals surface area contributed by atoms with Gasteiger partial charge in [0.15, 0.2) is 0 Å². The number of fused-ring (bicyclic) bond motifs is 3. The van der Waals surface area contributed by atoms with Crippen molar-refractivity contribution in [3.63, 3.8) is 0 Å². The molecule has 0 amide bonds. The summed E-state index contributed by atoms with van der Waals surface area (Å²) in [6.45, 7) is 4.28. The van der Waals surface area contributed by atoms with Gasteiger partial charge in [-0.3, -0.25) is 4.79 Å². The van der Waals surface area contributed by atoms with Gasteiger partial charge in [-0.2, -0.15) is 5.26 Å². The largest absolute Gasteiger partial charge is 0.462 e. The molecule has 152 valence electrons. The van der Waals surface area contributed by atoms with Crippen LogP contribution >= 0.6 is 0 Å². The molecule has 0 aromatic carbocycles. The van der Waals surface area contributed by atoms with Gasteiger partial charge in [-0.15, -0.1) is 0 Å². The van der Waals surface area contributed by atoms with E-state index >= 15 is 0 Å². The third kappa shape index (κ3) is 4.87. The van der Waals surface area contributed by atoms with Crippen molar-refractivity contribution in [3.8, 4) is 6.07 Å².